The molecule has 2 heterocycles. The standard InChI is InChI=1S/C19H22N2O2.CH2O2/c1-4-21-15-9-12-11-7-5-6-8-16(22)17(11)20-14(12)10-13(15)19(2,3)18(21)23;2-1-3/h9-10,20H,4-8H2,1-3H3;1H,(H,2,3). The number of anilines is 1. The van der Waals surface area contributed by atoms with Crippen LogP contribution in [0.3, 0.4) is 0 Å². The SMILES string of the molecule is CCN1C(=O)C(C)(C)c2cc3[nH]c4c(c3cc21)CCCCC4=O.O=CO. The summed E-state index contributed by atoms with van der Waals surface area (Å²) < 4.78 is 0. The molecular formula is C20H24N2O4. The Balaban J connectivity index is 0.000000613. The van der Waals surface area contributed by atoms with E-state index in [-0.39, 0.29) is 18.2 Å². The zero-order valence-electron chi connectivity index (χ0n) is 15.4. The van der Waals surface area contributed by atoms with E-state index in [0.717, 1.165) is 52.7 Å². The van der Waals surface area contributed by atoms with Gasteiger partial charge in [0.1, 0.15) is 0 Å². The van der Waals surface area contributed by atoms with Crippen LogP contribution in [0.4, 0.5) is 5.69 Å². The van der Waals surface area contributed by atoms with Crippen LogP contribution in [0.5, 0.6) is 0 Å². The monoisotopic (exact) mass is 356 g/mol. The summed E-state index contributed by atoms with van der Waals surface area (Å²) in [6.45, 7) is 6.39. The lowest BCUT2D eigenvalue weighted by molar-refractivity contribution is -0.123. The number of ketones is 1. The number of fused-ring (bicyclic) bond motifs is 4. The Hall–Kier alpha value is -2.63. The van der Waals surface area contributed by atoms with Crippen molar-refractivity contribution >= 4 is 34.8 Å². The Bertz CT molecular complexity index is 895. The van der Waals surface area contributed by atoms with Crippen molar-refractivity contribution in [2.75, 3.05) is 11.4 Å². The Kier molecular flexibility index (Phi) is 4.61. The number of benzene rings is 1. The van der Waals surface area contributed by atoms with Gasteiger partial charge in [0.15, 0.2) is 5.78 Å². The van der Waals surface area contributed by atoms with E-state index in [2.05, 4.69) is 17.1 Å². The Morgan fingerprint density at radius 2 is 1.88 bits per heavy atom. The molecule has 0 saturated heterocycles. The Morgan fingerprint density at radius 1 is 1.23 bits per heavy atom. The van der Waals surface area contributed by atoms with Crippen LogP contribution in [-0.2, 0) is 21.4 Å². The predicted octanol–water partition coefficient (Wildman–Crippen LogP) is 3.42. The average Bonchev–Trinajstić information content (AvgIpc) is 2.96. The third kappa shape index (κ3) is 2.60. The fourth-order valence-corrected chi connectivity index (χ4v) is 4.10. The van der Waals surface area contributed by atoms with Gasteiger partial charge in [0, 0.05) is 29.6 Å². The molecule has 2 aromatic rings. The van der Waals surface area contributed by atoms with E-state index >= 15 is 0 Å². The predicted molar refractivity (Wildman–Crippen MR) is 99.9 cm³/mol. The normalized spacial score (nSPS) is 18.0. The second-order valence-corrected chi connectivity index (χ2v) is 7.30. The summed E-state index contributed by atoms with van der Waals surface area (Å²) in [5.74, 6) is 0.376. The van der Waals surface area contributed by atoms with Crippen molar-refractivity contribution < 1.29 is 19.5 Å². The molecule has 0 radical (unpaired) electrons. The lowest BCUT2D eigenvalue weighted by Crippen LogP contribution is -2.35. The molecule has 1 aromatic carbocycles. The summed E-state index contributed by atoms with van der Waals surface area (Å²) in [4.78, 5) is 38.6. The number of aromatic nitrogens is 1. The maximum Gasteiger partial charge on any atom is 0.290 e. The van der Waals surface area contributed by atoms with Crippen molar-refractivity contribution in [2.24, 2.45) is 0 Å². The molecule has 0 fully saturated rings. The van der Waals surface area contributed by atoms with Crippen LogP contribution < -0.4 is 4.90 Å². The van der Waals surface area contributed by atoms with E-state index in [0.29, 0.717) is 13.0 Å². The van der Waals surface area contributed by atoms with Crippen LogP contribution in [-0.4, -0.2) is 34.8 Å². The van der Waals surface area contributed by atoms with Crippen molar-refractivity contribution in [3.8, 4) is 0 Å². The van der Waals surface area contributed by atoms with Crippen molar-refractivity contribution in [1.82, 2.24) is 4.98 Å². The van der Waals surface area contributed by atoms with Gasteiger partial charge < -0.3 is 15.0 Å². The third-order valence-electron chi connectivity index (χ3n) is 5.44. The largest absolute Gasteiger partial charge is 0.483 e. The molecular weight excluding hydrogens is 332 g/mol. The van der Waals surface area contributed by atoms with E-state index < -0.39 is 5.41 Å². The molecule has 138 valence electrons. The number of hydrogen-bond acceptors (Lipinski definition) is 3. The van der Waals surface area contributed by atoms with Gasteiger partial charge in [0.2, 0.25) is 5.91 Å². The second kappa shape index (κ2) is 6.59. The number of likely N-dealkylation sites (N-methyl/N-ethyl adjacent to an activating group) is 1. The number of aromatic amines is 1. The minimum Gasteiger partial charge on any atom is -0.483 e. The smallest absolute Gasteiger partial charge is 0.290 e. The van der Waals surface area contributed by atoms with Crippen LogP contribution in [0.2, 0.25) is 0 Å². The number of H-pyrrole nitrogens is 1. The lowest BCUT2D eigenvalue weighted by Gasteiger charge is -2.18. The molecule has 6 heteroatoms. The first-order valence-corrected chi connectivity index (χ1v) is 8.98. The number of carbonyl (C=O) groups excluding carboxylic acids is 2. The second-order valence-electron chi connectivity index (χ2n) is 7.30. The fraction of sp³-hybridized carbons (Fsp3) is 0.450. The average molecular weight is 356 g/mol. The molecule has 2 N–H and O–H groups in total. The maximum atomic E-state index is 12.7. The molecule has 6 nitrogen and oxygen atoms in total. The summed E-state index contributed by atoms with van der Waals surface area (Å²) in [6, 6.07) is 4.20. The Morgan fingerprint density at radius 3 is 2.54 bits per heavy atom. The van der Waals surface area contributed by atoms with Crippen LogP contribution in [0.15, 0.2) is 12.1 Å². The molecule has 4 rings (SSSR count). The molecule has 1 amide bonds. The molecule has 2 aliphatic rings. The quantitative estimate of drug-likeness (QED) is 0.605. The van der Waals surface area contributed by atoms with E-state index in [4.69, 9.17) is 9.90 Å². The molecule has 0 bridgehead atoms. The topological polar surface area (TPSA) is 90.5 Å². The van der Waals surface area contributed by atoms with Gasteiger partial charge in [-0.25, -0.2) is 0 Å². The van der Waals surface area contributed by atoms with Crippen LogP contribution in [0.1, 0.15) is 61.6 Å². The zero-order valence-corrected chi connectivity index (χ0v) is 15.4. The number of amides is 1. The Labute approximate surface area is 152 Å². The molecule has 0 atom stereocenters. The van der Waals surface area contributed by atoms with Gasteiger partial charge in [-0.2, -0.15) is 0 Å². The third-order valence-corrected chi connectivity index (χ3v) is 5.44. The lowest BCUT2D eigenvalue weighted by atomic mass is 9.85. The number of nitrogens with one attached hydrogen (secondary N) is 1. The van der Waals surface area contributed by atoms with Crippen LogP contribution in [0, 0.1) is 0 Å². The van der Waals surface area contributed by atoms with Gasteiger partial charge in [-0.3, -0.25) is 14.4 Å². The number of hydrogen-bond donors (Lipinski definition) is 2. The summed E-state index contributed by atoms with van der Waals surface area (Å²) in [5.41, 5.74) is 4.47. The number of carboxylic acid groups (broad SMARTS) is 1. The highest BCUT2D eigenvalue weighted by atomic mass is 16.3. The number of rotatable bonds is 1. The minimum atomic E-state index is -0.508. The fourth-order valence-electron chi connectivity index (χ4n) is 4.10. The highest BCUT2D eigenvalue weighted by molar-refractivity contribution is 6.11. The summed E-state index contributed by atoms with van der Waals surface area (Å²) in [6.07, 6.45) is 3.57. The van der Waals surface area contributed by atoms with E-state index in [1.807, 2.05) is 25.7 Å². The zero-order chi connectivity index (χ0) is 19.1. The van der Waals surface area contributed by atoms with Gasteiger partial charge in [-0.05, 0) is 63.3 Å². The highest BCUT2D eigenvalue weighted by Gasteiger charge is 2.43. The first-order valence-electron chi connectivity index (χ1n) is 8.98. The first-order chi connectivity index (χ1) is 12.4. The summed E-state index contributed by atoms with van der Waals surface area (Å²) in [5, 5.41) is 8.00. The molecule has 0 spiro atoms. The van der Waals surface area contributed by atoms with Crippen molar-refractivity contribution in [3.63, 3.8) is 0 Å². The molecule has 1 aromatic heterocycles. The van der Waals surface area contributed by atoms with Gasteiger partial charge in [0.05, 0.1) is 11.1 Å². The van der Waals surface area contributed by atoms with Crippen molar-refractivity contribution in [1.29, 1.82) is 0 Å². The van der Waals surface area contributed by atoms with Crippen LogP contribution in [0.25, 0.3) is 10.9 Å². The number of nitrogens with zero attached hydrogens (tertiary/aromatic N) is 1. The van der Waals surface area contributed by atoms with Gasteiger partial charge in [0.25, 0.3) is 6.47 Å². The van der Waals surface area contributed by atoms with E-state index in [1.54, 1.807) is 0 Å². The summed E-state index contributed by atoms with van der Waals surface area (Å²) >= 11 is 0. The number of aryl methyl sites for hydroxylation is 1. The van der Waals surface area contributed by atoms with E-state index in [1.165, 1.54) is 0 Å². The number of carbonyl (C=O) groups is 3. The minimum absolute atomic E-state index is 0.157. The highest BCUT2D eigenvalue weighted by Crippen LogP contribution is 2.44. The van der Waals surface area contributed by atoms with Gasteiger partial charge >= 0.3 is 0 Å². The molecule has 0 saturated carbocycles. The summed E-state index contributed by atoms with van der Waals surface area (Å²) in [7, 11) is 0. The van der Waals surface area contributed by atoms with Crippen LogP contribution >= 0.6 is 0 Å². The molecule has 1 aliphatic heterocycles. The van der Waals surface area contributed by atoms with E-state index in [9.17, 15) is 9.59 Å². The number of Topliss-reactive ketones (excluding diaryl/α,β-unsaturated/α-hetero) is 1. The van der Waals surface area contributed by atoms with Gasteiger partial charge in [-0.1, -0.05) is 0 Å². The first kappa shape index (κ1) is 18.2. The molecule has 26 heavy (non-hydrogen) atoms. The molecule has 0 unspecified atom stereocenters. The van der Waals surface area contributed by atoms with Crippen molar-refractivity contribution in [3.05, 3.63) is 29.0 Å². The maximum absolute atomic E-state index is 12.7. The van der Waals surface area contributed by atoms with Gasteiger partial charge in [-0.15, -0.1) is 0 Å². The van der Waals surface area contributed by atoms with Crippen molar-refractivity contribution in [2.45, 2.75) is 51.9 Å². The molecule has 1 aliphatic carbocycles.